The van der Waals surface area contributed by atoms with Gasteiger partial charge in [-0.1, -0.05) is 0 Å². The number of pyridine rings is 1. The second kappa shape index (κ2) is 6.49. The zero-order chi connectivity index (χ0) is 20.2. The number of aromatic nitrogens is 8. The van der Waals surface area contributed by atoms with Crippen molar-refractivity contribution in [3.05, 3.63) is 42.2 Å². The quantitative estimate of drug-likeness (QED) is 0.494. The van der Waals surface area contributed by atoms with Crippen molar-refractivity contribution in [1.82, 2.24) is 38.5 Å². The Morgan fingerprint density at radius 3 is 2.83 bits per heavy atom. The fourth-order valence-corrected chi connectivity index (χ4v) is 4.24. The molecule has 0 atom stereocenters. The molecular weight excluding hydrogens is 382 g/mol. The van der Waals surface area contributed by atoms with Crippen LogP contribution in [0.2, 0.25) is 0 Å². The summed E-state index contributed by atoms with van der Waals surface area (Å²) in [5.41, 5.74) is 5.64. The second-order valence-corrected chi connectivity index (χ2v) is 7.71. The van der Waals surface area contributed by atoms with E-state index in [4.69, 9.17) is 9.72 Å². The largest absolute Gasteiger partial charge is 0.381 e. The number of anilines is 2. The average Bonchev–Trinajstić information content (AvgIpc) is 3.44. The lowest BCUT2D eigenvalue weighted by molar-refractivity contribution is 0.0713. The summed E-state index contributed by atoms with van der Waals surface area (Å²) in [4.78, 5) is 18.4. The summed E-state index contributed by atoms with van der Waals surface area (Å²) in [6.07, 6.45) is 9.10. The summed E-state index contributed by atoms with van der Waals surface area (Å²) in [5.74, 6) is 1.44. The first kappa shape index (κ1) is 17.3. The zero-order valence-electron chi connectivity index (χ0n) is 16.8. The maximum atomic E-state index is 5.57. The Morgan fingerprint density at radius 2 is 1.97 bits per heavy atom. The van der Waals surface area contributed by atoms with Gasteiger partial charge in [-0.3, -0.25) is 8.97 Å². The second-order valence-electron chi connectivity index (χ2n) is 7.71. The first-order chi connectivity index (χ1) is 14.7. The average molecular weight is 403 g/mol. The molecule has 1 saturated heterocycles. The maximum absolute atomic E-state index is 5.57. The smallest absolute Gasteiger partial charge is 0.229 e. The molecule has 1 fully saturated rings. The monoisotopic (exact) mass is 403 g/mol. The van der Waals surface area contributed by atoms with Crippen molar-refractivity contribution >= 4 is 34.2 Å². The molecule has 1 N–H and O–H groups in total. The minimum Gasteiger partial charge on any atom is -0.381 e. The number of fused-ring (bicyclic) bond motifs is 4. The topological polar surface area (TPSA) is 99.5 Å². The highest BCUT2D eigenvalue weighted by Crippen LogP contribution is 2.30. The molecule has 5 aromatic heterocycles. The van der Waals surface area contributed by atoms with Crippen molar-refractivity contribution in [2.45, 2.75) is 32.7 Å². The van der Waals surface area contributed by atoms with E-state index in [1.165, 1.54) is 0 Å². The van der Waals surface area contributed by atoms with Gasteiger partial charge in [0.15, 0.2) is 11.3 Å². The molecule has 0 amide bonds. The van der Waals surface area contributed by atoms with E-state index in [1.807, 2.05) is 31.6 Å². The number of hydrogen-bond acceptors (Lipinski definition) is 7. The predicted molar refractivity (Wildman–Crippen MR) is 111 cm³/mol. The van der Waals surface area contributed by atoms with Crippen LogP contribution in [0.25, 0.3) is 22.6 Å². The van der Waals surface area contributed by atoms with Gasteiger partial charge in [-0.2, -0.15) is 10.1 Å². The van der Waals surface area contributed by atoms with Crippen molar-refractivity contribution in [2.24, 2.45) is 0 Å². The minimum absolute atomic E-state index is 0.302. The lowest BCUT2D eigenvalue weighted by Gasteiger charge is -2.23. The van der Waals surface area contributed by atoms with Crippen LogP contribution in [0.3, 0.4) is 0 Å². The van der Waals surface area contributed by atoms with Crippen LogP contribution in [0.4, 0.5) is 11.6 Å². The fourth-order valence-electron chi connectivity index (χ4n) is 4.24. The highest BCUT2D eigenvalue weighted by Gasteiger charge is 2.24. The molecule has 6 heterocycles. The fraction of sp³-hybridized carbons (Fsp3) is 0.350. The van der Waals surface area contributed by atoms with E-state index in [-0.39, 0.29) is 0 Å². The standard InChI is InChI=1S/C20H21N9O/c1-12-7-17-23-11-24-27(17)10-15(12)25-19-21-9-16-18(26-19)29(14-3-5-30-6-4-14)20-22-8-13(2)28(16)20/h7-11,14H,3-6H2,1-2H3,(H,21,25,26). The van der Waals surface area contributed by atoms with Crippen molar-refractivity contribution < 1.29 is 4.74 Å². The van der Waals surface area contributed by atoms with Gasteiger partial charge in [0, 0.05) is 24.9 Å². The van der Waals surface area contributed by atoms with Crippen LogP contribution >= 0.6 is 0 Å². The van der Waals surface area contributed by atoms with E-state index < -0.39 is 0 Å². The number of imidazole rings is 2. The Labute approximate surface area is 171 Å². The zero-order valence-corrected chi connectivity index (χ0v) is 16.8. The van der Waals surface area contributed by atoms with E-state index in [1.54, 1.807) is 10.8 Å². The Bertz CT molecular complexity index is 1390. The molecule has 30 heavy (non-hydrogen) atoms. The number of hydrogen-bond donors (Lipinski definition) is 1. The lowest BCUT2D eigenvalue weighted by Crippen LogP contribution is -2.20. The van der Waals surface area contributed by atoms with Crippen LogP contribution in [0.1, 0.15) is 30.1 Å². The van der Waals surface area contributed by atoms with Gasteiger partial charge in [0.25, 0.3) is 0 Å². The van der Waals surface area contributed by atoms with E-state index >= 15 is 0 Å². The molecule has 0 unspecified atom stereocenters. The van der Waals surface area contributed by atoms with Gasteiger partial charge in [-0.15, -0.1) is 0 Å². The first-order valence-corrected chi connectivity index (χ1v) is 10.0. The predicted octanol–water partition coefficient (Wildman–Crippen LogP) is 2.83. The molecule has 0 spiro atoms. The third-order valence-corrected chi connectivity index (χ3v) is 5.78. The number of ether oxygens (including phenoxy) is 1. The van der Waals surface area contributed by atoms with Crippen molar-refractivity contribution in [3.63, 3.8) is 0 Å². The van der Waals surface area contributed by atoms with Gasteiger partial charge in [-0.05, 0) is 38.3 Å². The molecule has 6 rings (SSSR count). The van der Waals surface area contributed by atoms with E-state index in [2.05, 4.69) is 41.3 Å². The molecule has 0 bridgehead atoms. The van der Waals surface area contributed by atoms with Gasteiger partial charge in [0.05, 0.1) is 24.3 Å². The molecular formula is C20H21N9O. The molecule has 0 aromatic carbocycles. The SMILES string of the molecule is Cc1cc2ncnn2cc1Nc1ncc2c(n1)n(C1CCOCC1)c1ncc(C)n21. The third-order valence-electron chi connectivity index (χ3n) is 5.78. The van der Waals surface area contributed by atoms with Crippen LogP contribution in [0, 0.1) is 13.8 Å². The summed E-state index contributed by atoms with van der Waals surface area (Å²) in [5, 5.41) is 7.57. The number of rotatable bonds is 3. The van der Waals surface area contributed by atoms with Crippen LogP contribution in [-0.2, 0) is 4.74 Å². The van der Waals surface area contributed by atoms with Gasteiger partial charge in [-0.25, -0.2) is 19.5 Å². The Kier molecular flexibility index (Phi) is 3.75. The van der Waals surface area contributed by atoms with Crippen LogP contribution < -0.4 is 5.32 Å². The Hall–Kier alpha value is -3.53. The molecule has 5 aromatic rings. The van der Waals surface area contributed by atoms with E-state index in [0.717, 1.165) is 65.6 Å². The molecule has 10 heteroatoms. The number of nitrogens with zero attached hydrogens (tertiary/aromatic N) is 8. The maximum Gasteiger partial charge on any atom is 0.229 e. The van der Waals surface area contributed by atoms with Gasteiger partial charge in [0.2, 0.25) is 11.7 Å². The Balaban J connectivity index is 1.49. The molecule has 0 saturated carbocycles. The molecule has 152 valence electrons. The highest BCUT2D eigenvalue weighted by molar-refractivity contribution is 5.79. The van der Waals surface area contributed by atoms with Crippen LogP contribution in [0.5, 0.6) is 0 Å². The third kappa shape index (κ3) is 2.57. The minimum atomic E-state index is 0.302. The summed E-state index contributed by atoms with van der Waals surface area (Å²) in [7, 11) is 0. The van der Waals surface area contributed by atoms with Gasteiger partial charge in [0.1, 0.15) is 11.8 Å². The van der Waals surface area contributed by atoms with Crippen LogP contribution in [0.15, 0.2) is 31.0 Å². The van der Waals surface area contributed by atoms with Crippen molar-refractivity contribution in [3.8, 4) is 0 Å². The first-order valence-electron chi connectivity index (χ1n) is 10.0. The number of nitrogens with one attached hydrogen (secondary N) is 1. The summed E-state index contributed by atoms with van der Waals surface area (Å²) >= 11 is 0. The van der Waals surface area contributed by atoms with Gasteiger partial charge >= 0.3 is 0 Å². The lowest BCUT2D eigenvalue weighted by atomic mass is 10.1. The number of aryl methyl sites for hydroxylation is 2. The molecule has 10 nitrogen and oxygen atoms in total. The van der Waals surface area contributed by atoms with Crippen molar-refractivity contribution in [2.75, 3.05) is 18.5 Å². The molecule has 0 aliphatic carbocycles. The van der Waals surface area contributed by atoms with Crippen LogP contribution in [-0.4, -0.2) is 51.7 Å². The molecule has 0 radical (unpaired) electrons. The Morgan fingerprint density at radius 1 is 1.10 bits per heavy atom. The van der Waals surface area contributed by atoms with E-state index in [0.29, 0.717) is 12.0 Å². The van der Waals surface area contributed by atoms with E-state index in [9.17, 15) is 0 Å². The molecule has 1 aliphatic heterocycles. The summed E-state index contributed by atoms with van der Waals surface area (Å²) in [6, 6.07) is 2.28. The van der Waals surface area contributed by atoms with Crippen molar-refractivity contribution in [1.29, 1.82) is 0 Å². The summed E-state index contributed by atoms with van der Waals surface area (Å²) < 4.78 is 11.7. The normalized spacial score (nSPS) is 15.5. The molecule has 1 aliphatic rings. The van der Waals surface area contributed by atoms with Gasteiger partial charge < -0.3 is 10.1 Å². The highest BCUT2D eigenvalue weighted by atomic mass is 16.5. The summed E-state index contributed by atoms with van der Waals surface area (Å²) in [6.45, 7) is 5.58.